The lowest BCUT2D eigenvalue weighted by atomic mass is 10.1. The van der Waals surface area contributed by atoms with Gasteiger partial charge in [-0.2, -0.15) is 18.3 Å². The van der Waals surface area contributed by atoms with Crippen LogP contribution in [-0.2, 0) is 6.18 Å². The molecule has 0 atom stereocenters. The molecule has 1 aromatic heterocycles. The first-order valence-corrected chi connectivity index (χ1v) is 7.13. The van der Waals surface area contributed by atoms with Crippen molar-refractivity contribution in [2.75, 3.05) is 5.32 Å². The second-order valence-electron chi connectivity index (χ2n) is 5.17. The molecule has 0 unspecified atom stereocenters. The molecular weight excluding hydrogens is 338 g/mol. The topological polar surface area (TPSA) is 57.8 Å². The summed E-state index contributed by atoms with van der Waals surface area (Å²) < 4.78 is 51.8. The van der Waals surface area contributed by atoms with E-state index in [-0.39, 0.29) is 11.4 Å². The zero-order valence-electron chi connectivity index (χ0n) is 12.6. The number of carbonyl (C=O) groups excluding carboxylic acids is 1. The van der Waals surface area contributed by atoms with E-state index in [9.17, 15) is 22.4 Å². The number of halogens is 4. The number of benzene rings is 2. The molecule has 8 heteroatoms. The van der Waals surface area contributed by atoms with Gasteiger partial charge in [0.2, 0.25) is 0 Å². The molecule has 2 aromatic carbocycles. The summed E-state index contributed by atoms with van der Waals surface area (Å²) in [6.45, 7) is 0. The highest BCUT2D eigenvalue weighted by molar-refractivity contribution is 6.03. The summed E-state index contributed by atoms with van der Waals surface area (Å²) in [5, 5.41) is 8.60. The van der Waals surface area contributed by atoms with Gasteiger partial charge in [0.15, 0.2) is 0 Å². The minimum atomic E-state index is -4.59. The molecule has 0 radical (unpaired) electrons. The predicted octanol–water partition coefficient (Wildman–Crippen LogP) is 4.49. The maximum Gasteiger partial charge on any atom is 0.418 e. The summed E-state index contributed by atoms with van der Waals surface area (Å²) in [4.78, 5) is 12.2. The van der Waals surface area contributed by atoms with Crippen LogP contribution in [0.4, 0.5) is 23.2 Å². The first kappa shape index (κ1) is 16.7. The van der Waals surface area contributed by atoms with Gasteiger partial charge in [-0.3, -0.25) is 9.89 Å². The van der Waals surface area contributed by atoms with E-state index in [1.807, 2.05) is 0 Å². The summed E-state index contributed by atoms with van der Waals surface area (Å²) in [5.41, 5.74) is -0.377. The quantitative estimate of drug-likeness (QED) is 0.685. The molecule has 0 spiro atoms. The summed E-state index contributed by atoms with van der Waals surface area (Å²) in [6.07, 6.45) is -4.59. The van der Waals surface area contributed by atoms with Crippen LogP contribution in [0.2, 0.25) is 0 Å². The standard InChI is InChI=1S/C17H11F4N3O/c18-11-7-5-10(6-8-11)14-9-15(24-23-14)16(25)22-13-4-2-1-3-12(13)17(19,20)21/h1-9H,(H,22,25)(H,23,24). The zero-order valence-corrected chi connectivity index (χ0v) is 12.6. The van der Waals surface area contributed by atoms with E-state index >= 15 is 0 Å². The third-order valence-electron chi connectivity index (χ3n) is 3.44. The number of carbonyl (C=O) groups is 1. The van der Waals surface area contributed by atoms with Gasteiger partial charge in [-0.15, -0.1) is 0 Å². The molecule has 0 aliphatic carbocycles. The van der Waals surface area contributed by atoms with E-state index in [1.165, 1.54) is 42.5 Å². The molecule has 2 N–H and O–H groups in total. The summed E-state index contributed by atoms with van der Waals surface area (Å²) in [6, 6.07) is 11.5. The third kappa shape index (κ3) is 3.68. The van der Waals surface area contributed by atoms with Gasteiger partial charge < -0.3 is 5.32 Å². The number of hydrogen-bond acceptors (Lipinski definition) is 2. The number of amides is 1. The Hall–Kier alpha value is -3.16. The smallest absolute Gasteiger partial charge is 0.320 e. The lowest BCUT2D eigenvalue weighted by Crippen LogP contribution is -2.16. The first-order valence-electron chi connectivity index (χ1n) is 7.13. The Morgan fingerprint density at radius 2 is 1.72 bits per heavy atom. The second kappa shape index (κ2) is 6.39. The van der Waals surface area contributed by atoms with Gasteiger partial charge in [0.25, 0.3) is 5.91 Å². The second-order valence-corrected chi connectivity index (χ2v) is 5.17. The number of H-pyrrole nitrogens is 1. The summed E-state index contributed by atoms with van der Waals surface area (Å²) in [5.74, 6) is -1.18. The number of hydrogen-bond donors (Lipinski definition) is 2. The molecule has 0 aliphatic heterocycles. The highest BCUT2D eigenvalue weighted by Gasteiger charge is 2.33. The lowest BCUT2D eigenvalue weighted by Gasteiger charge is -2.12. The Morgan fingerprint density at radius 1 is 1.04 bits per heavy atom. The van der Waals surface area contributed by atoms with E-state index in [0.717, 1.165) is 12.1 Å². The number of para-hydroxylation sites is 1. The number of alkyl halides is 3. The monoisotopic (exact) mass is 349 g/mol. The summed E-state index contributed by atoms with van der Waals surface area (Å²) in [7, 11) is 0. The minimum Gasteiger partial charge on any atom is -0.320 e. The number of nitrogens with one attached hydrogen (secondary N) is 2. The molecule has 1 heterocycles. The Bertz CT molecular complexity index is 901. The first-order chi connectivity index (χ1) is 11.8. The number of anilines is 1. The van der Waals surface area contributed by atoms with Crippen LogP contribution in [-0.4, -0.2) is 16.1 Å². The highest BCUT2D eigenvalue weighted by atomic mass is 19.4. The van der Waals surface area contributed by atoms with Crippen LogP contribution in [0.3, 0.4) is 0 Å². The highest BCUT2D eigenvalue weighted by Crippen LogP contribution is 2.34. The van der Waals surface area contributed by atoms with Crippen LogP contribution in [0.5, 0.6) is 0 Å². The van der Waals surface area contributed by atoms with Crippen molar-refractivity contribution in [2.24, 2.45) is 0 Å². The van der Waals surface area contributed by atoms with Crippen LogP contribution in [0.25, 0.3) is 11.3 Å². The van der Waals surface area contributed by atoms with E-state index in [4.69, 9.17) is 0 Å². The predicted molar refractivity (Wildman–Crippen MR) is 83.4 cm³/mol. The molecule has 0 bridgehead atoms. The average Bonchev–Trinajstić information content (AvgIpc) is 3.05. The molecule has 1 amide bonds. The zero-order chi connectivity index (χ0) is 18.0. The van der Waals surface area contributed by atoms with Crippen LogP contribution < -0.4 is 5.32 Å². The van der Waals surface area contributed by atoms with Gasteiger partial charge in [-0.05, 0) is 42.5 Å². The van der Waals surface area contributed by atoms with Crippen molar-refractivity contribution in [2.45, 2.75) is 6.18 Å². The molecule has 4 nitrogen and oxygen atoms in total. The average molecular weight is 349 g/mol. The molecule has 3 rings (SSSR count). The Kier molecular flexibility index (Phi) is 4.26. The van der Waals surface area contributed by atoms with Crippen molar-refractivity contribution in [3.63, 3.8) is 0 Å². The number of nitrogens with zero attached hydrogens (tertiary/aromatic N) is 1. The van der Waals surface area contributed by atoms with Gasteiger partial charge in [-0.25, -0.2) is 4.39 Å². The third-order valence-corrected chi connectivity index (χ3v) is 3.44. The van der Waals surface area contributed by atoms with Crippen molar-refractivity contribution in [3.8, 4) is 11.3 Å². The molecule has 25 heavy (non-hydrogen) atoms. The number of aromatic amines is 1. The molecule has 128 valence electrons. The van der Waals surface area contributed by atoms with E-state index in [1.54, 1.807) is 0 Å². The Balaban J connectivity index is 1.83. The lowest BCUT2D eigenvalue weighted by molar-refractivity contribution is -0.136. The molecule has 0 saturated heterocycles. The number of aromatic nitrogens is 2. The van der Waals surface area contributed by atoms with Gasteiger partial charge in [0, 0.05) is 5.56 Å². The maximum atomic E-state index is 13.0. The van der Waals surface area contributed by atoms with Crippen molar-refractivity contribution >= 4 is 11.6 Å². The maximum absolute atomic E-state index is 13.0. The molecule has 0 aliphatic rings. The molecule has 0 fully saturated rings. The van der Waals surface area contributed by atoms with Crippen molar-refractivity contribution in [1.29, 1.82) is 0 Å². The van der Waals surface area contributed by atoms with Gasteiger partial charge in [0.1, 0.15) is 11.5 Å². The van der Waals surface area contributed by atoms with E-state index in [2.05, 4.69) is 15.5 Å². The Morgan fingerprint density at radius 3 is 2.40 bits per heavy atom. The minimum absolute atomic E-state index is 0.0173. The fourth-order valence-electron chi connectivity index (χ4n) is 2.24. The molecule has 0 saturated carbocycles. The number of rotatable bonds is 3. The fraction of sp³-hybridized carbons (Fsp3) is 0.0588. The normalized spacial score (nSPS) is 11.4. The molecule has 3 aromatic rings. The van der Waals surface area contributed by atoms with Gasteiger partial charge in [-0.1, -0.05) is 12.1 Å². The van der Waals surface area contributed by atoms with Crippen LogP contribution in [0.1, 0.15) is 16.1 Å². The van der Waals surface area contributed by atoms with Crippen molar-refractivity contribution in [1.82, 2.24) is 10.2 Å². The summed E-state index contributed by atoms with van der Waals surface area (Å²) >= 11 is 0. The van der Waals surface area contributed by atoms with E-state index in [0.29, 0.717) is 11.3 Å². The van der Waals surface area contributed by atoms with E-state index < -0.39 is 23.5 Å². The van der Waals surface area contributed by atoms with Crippen LogP contribution in [0.15, 0.2) is 54.6 Å². The van der Waals surface area contributed by atoms with Gasteiger partial charge >= 0.3 is 6.18 Å². The fourth-order valence-corrected chi connectivity index (χ4v) is 2.24. The SMILES string of the molecule is O=C(Nc1ccccc1C(F)(F)F)c1cc(-c2ccc(F)cc2)n[nH]1. The van der Waals surface area contributed by atoms with Gasteiger partial charge in [0.05, 0.1) is 16.9 Å². The van der Waals surface area contributed by atoms with Crippen LogP contribution >= 0.6 is 0 Å². The Labute approximate surface area is 139 Å². The van der Waals surface area contributed by atoms with Crippen LogP contribution in [0, 0.1) is 5.82 Å². The van der Waals surface area contributed by atoms with Crippen molar-refractivity contribution in [3.05, 3.63) is 71.7 Å². The van der Waals surface area contributed by atoms with Crippen molar-refractivity contribution < 1.29 is 22.4 Å². The molecular formula is C17H11F4N3O. The largest absolute Gasteiger partial charge is 0.418 e.